The molecule has 27 heavy (non-hydrogen) atoms. The molecule has 0 bridgehead atoms. The van der Waals surface area contributed by atoms with Gasteiger partial charge in [0.15, 0.2) is 0 Å². The van der Waals surface area contributed by atoms with E-state index < -0.39 is 0 Å². The molecule has 1 aliphatic heterocycles. The molecule has 0 unspecified atom stereocenters. The maximum absolute atomic E-state index is 11.5. The lowest BCUT2D eigenvalue weighted by Gasteiger charge is -2.34. The van der Waals surface area contributed by atoms with Crippen molar-refractivity contribution in [3.05, 3.63) is 65.2 Å². The van der Waals surface area contributed by atoms with Gasteiger partial charge in [0.2, 0.25) is 0 Å². The maximum Gasteiger partial charge on any atom is 0.337 e. The normalized spacial score (nSPS) is 15.5. The van der Waals surface area contributed by atoms with Crippen LogP contribution in [0, 0.1) is 6.92 Å². The SMILES string of the molecule is COC(=O)c1ccc(CN2CCN(CCOc3ccc(C)cc3)CC2)cc1. The average molecular weight is 368 g/mol. The largest absolute Gasteiger partial charge is 0.492 e. The minimum atomic E-state index is -0.289. The van der Waals surface area contributed by atoms with Gasteiger partial charge in [-0.25, -0.2) is 4.79 Å². The molecule has 0 spiro atoms. The molecule has 0 atom stereocenters. The van der Waals surface area contributed by atoms with Crippen molar-refractivity contribution in [3.63, 3.8) is 0 Å². The molecule has 0 radical (unpaired) electrons. The predicted molar refractivity (Wildman–Crippen MR) is 106 cm³/mol. The molecule has 1 aliphatic rings. The first kappa shape index (κ1) is 19.4. The molecule has 1 heterocycles. The van der Waals surface area contributed by atoms with Crippen molar-refractivity contribution < 1.29 is 14.3 Å². The van der Waals surface area contributed by atoms with Crippen molar-refractivity contribution in [2.45, 2.75) is 13.5 Å². The highest BCUT2D eigenvalue weighted by Crippen LogP contribution is 2.13. The molecule has 1 fully saturated rings. The van der Waals surface area contributed by atoms with E-state index in [1.54, 1.807) is 0 Å². The van der Waals surface area contributed by atoms with Crippen LogP contribution in [0.1, 0.15) is 21.5 Å². The Morgan fingerprint density at radius 3 is 2.19 bits per heavy atom. The first-order valence-corrected chi connectivity index (χ1v) is 9.45. The summed E-state index contributed by atoms with van der Waals surface area (Å²) in [5, 5.41) is 0. The zero-order valence-corrected chi connectivity index (χ0v) is 16.2. The smallest absolute Gasteiger partial charge is 0.337 e. The van der Waals surface area contributed by atoms with Crippen LogP contribution in [0.2, 0.25) is 0 Å². The number of rotatable bonds is 7. The van der Waals surface area contributed by atoms with Gasteiger partial charge >= 0.3 is 5.97 Å². The Labute approximate surface area is 161 Å². The molecule has 0 aliphatic carbocycles. The summed E-state index contributed by atoms with van der Waals surface area (Å²) in [4.78, 5) is 16.4. The zero-order chi connectivity index (χ0) is 19.1. The van der Waals surface area contributed by atoms with Crippen molar-refractivity contribution in [2.24, 2.45) is 0 Å². The highest BCUT2D eigenvalue weighted by atomic mass is 16.5. The van der Waals surface area contributed by atoms with Gasteiger partial charge in [-0.2, -0.15) is 0 Å². The maximum atomic E-state index is 11.5. The number of esters is 1. The fourth-order valence-electron chi connectivity index (χ4n) is 3.22. The quantitative estimate of drug-likeness (QED) is 0.703. The molecule has 0 saturated carbocycles. The lowest BCUT2D eigenvalue weighted by Crippen LogP contribution is -2.47. The highest BCUT2D eigenvalue weighted by Gasteiger charge is 2.17. The van der Waals surface area contributed by atoms with Gasteiger partial charge in [0.05, 0.1) is 12.7 Å². The van der Waals surface area contributed by atoms with Gasteiger partial charge in [-0.3, -0.25) is 9.80 Å². The number of nitrogens with zero attached hydrogens (tertiary/aromatic N) is 2. The number of carbonyl (C=O) groups excluding carboxylic acids is 1. The van der Waals surface area contributed by atoms with Crippen molar-refractivity contribution in [1.29, 1.82) is 0 Å². The molecular formula is C22H28N2O3. The van der Waals surface area contributed by atoms with E-state index in [0.29, 0.717) is 5.56 Å². The first-order valence-electron chi connectivity index (χ1n) is 9.45. The second-order valence-electron chi connectivity index (χ2n) is 6.97. The molecule has 2 aromatic carbocycles. The van der Waals surface area contributed by atoms with Crippen LogP contribution in [0.5, 0.6) is 5.75 Å². The lowest BCUT2D eigenvalue weighted by molar-refractivity contribution is 0.0600. The zero-order valence-electron chi connectivity index (χ0n) is 16.2. The molecular weight excluding hydrogens is 340 g/mol. The predicted octanol–water partition coefficient (Wildman–Crippen LogP) is 2.98. The van der Waals surface area contributed by atoms with Crippen LogP contribution in [0.3, 0.4) is 0 Å². The lowest BCUT2D eigenvalue weighted by atomic mass is 10.1. The minimum Gasteiger partial charge on any atom is -0.492 e. The molecule has 0 amide bonds. The van der Waals surface area contributed by atoms with Gasteiger partial charge in [0.1, 0.15) is 12.4 Å². The van der Waals surface area contributed by atoms with Gasteiger partial charge in [-0.15, -0.1) is 0 Å². The second-order valence-corrected chi connectivity index (χ2v) is 6.97. The van der Waals surface area contributed by atoms with E-state index in [-0.39, 0.29) is 5.97 Å². The first-order chi connectivity index (χ1) is 13.1. The van der Waals surface area contributed by atoms with Crippen LogP contribution in [0.25, 0.3) is 0 Å². The minimum absolute atomic E-state index is 0.289. The summed E-state index contributed by atoms with van der Waals surface area (Å²) in [5.41, 5.74) is 3.07. The Hall–Kier alpha value is -2.37. The van der Waals surface area contributed by atoms with Gasteiger partial charge in [-0.1, -0.05) is 29.8 Å². The fraction of sp³-hybridized carbons (Fsp3) is 0.409. The van der Waals surface area contributed by atoms with Gasteiger partial charge in [0.25, 0.3) is 0 Å². The number of hydrogen-bond donors (Lipinski definition) is 0. The third-order valence-electron chi connectivity index (χ3n) is 4.94. The summed E-state index contributed by atoms with van der Waals surface area (Å²) in [5.74, 6) is 0.651. The Morgan fingerprint density at radius 1 is 0.926 bits per heavy atom. The Bertz CT molecular complexity index is 720. The topological polar surface area (TPSA) is 42.0 Å². The number of piperazine rings is 1. The van der Waals surface area contributed by atoms with Crippen molar-refractivity contribution in [2.75, 3.05) is 46.4 Å². The molecule has 2 aromatic rings. The monoisotopic (exact) mass is 368 g/mol. The number of carbonyl (C=O) groups is 1. The van der Waals surface area contributed by atoms with Crippen LogP contribution in [0.4, 0.5) is 0 Å². The summed E-state index contributed by atoms with van der Waals surface area (Å²) in [6.45, 7) is 8.86. The van der Waals surface area contributed by atoms with Crippen LogP contribution in [-0.4, -0.2) is 62.2 Å². The Kier molecular flexibility index (Phi) is 6.85. The summed E-state index contributed by atoms with van der Waals surface area (Å²) >= 11 is 0. The number of benzene rings is 2. The van der Waals surface area contributed by atoms with Crippen molar-refractivity contribution >= 4 is 5.97 Å². The third kappa shape index (κ3) is 5.81. The molecule has 144 valence electrons. The number of hydrogen-bond acceptors (Lipinski definition) is 5. The van der Waals surface area contributed by atoms with Crippen molar-refractivity contribution in [3.8, 4) is 5.75 Å². The van der Waals surface area contributed by atoms with E-state index in [1.165, 1.54) is 18.2 Å². The van der Waals surface area contributed by atoms with Gasteiger partial charge in [-0.05, 0) is 36.8 Å². The highest BCUT2D eigenvalue weighted by molar-refractivity contribution is 5.89. The van der Waals surface area contributed by atoms with E-state index >= 15 is 0 Å². The molecule has 5 heteroatoms. The average Bonchev–Trinajstić information content (AvgIpc) is 2.71. The van der Waals surface area contributed by atoms with E-state index in [2.05, 4.69) is 28.9 Å². The van der Waals surface area contributed by atoms with Crippen LogP contribution in [-0.2, 0) is 11.3 Å². The van der Waals surface area contributed by atoms with Crippen LogP contribution >= 0.6 is 0 Å². The number of aryl methyl sites for hydroxylation is 1. The Morgan fingerprint density at radius 2 is 1.56 bits per heavy atom. The standard InChI is InChI=1S/C22H28N2O3/c1-18-3-9-21(10-4-18)27-16-15-23-11-13-24(14-12-23)17-19-5-7-20(8-6-19)22(25)26-2/h3-10H,11-17H2,1-2H3. The van der Waals surface area contributed by atoms with Crippen LogP contribution < -0.4 is 4.74 Å². The molecule has 0 N–H and O–H groups in total. The summed E-state index contributed by atoms with van der Waals surface area (Å²) in [6, 6.07) is 15.9. The van der Waals surface area contributed by atoms with Crippen LogP contribution in [0.15, 0.2) is 48.5 Å². The van der Waals surface area contributed by atoms with E-state index in [4.69, 9.17) is 9.47 Å². The molecule has 5 nitrogen and oxygen atoms in total. The summed E-state index contributed by atoms with van der Waals surface area (Å²) in [6.07, 6.45) is 0. The fourth-order valence-corrected chi connectivity index (χ4v) is 3.22. The number of ether oxygens (including phenoxy) is 2. The number of methoxy groups -OCH3 is 1. The van der Waals surface area contributed by atoms with Gasteiger partial charge in [0, 0.05) is 39.3 Å². The Balaban J connectivity index is 1.37. The summed E-state index contributed by atoms with van der Waals surface area (Å²) in [7, 11) is 1.40. The van der Waals surface area contributed by atoms with E-state index in [1.807, 2.05) is 36.4 Å². The second kappa shape index (κ2) is 9.53. The van der Waals surface area contributed by atoms with E-state index in [0.717, 1.165) is 51.6 Å². The van der Waals surface area contributed by atoms with Crippen molar-refractivity contribution in [1.82, 2.24) is 9.80 Å². The third-order valence-corrected chi connectivity index (χ3v) is 4.94. The molecule has 3 rings (SSSR count). The van der Waals surface area contributed by atoms with Gasteiger partial charge < -0.3 is 9.47 Å². The molecule has 1 saturated heterocycles. The summed E-state index contributed by atoms with van der Waals surface area (Å²) < 4.78 is 10.6. The molecule has 0 aromatic heterocycles. The van der Waals surface area contributed by atoms with E-state index in [9.17, 15) is 4.79 Å².